The number of aliphatic imine (C=N–C) groups is 1. The van der Waals surface area contributed by atoms with Gasteiger partial charge in [0.2, 0.25) is 0 Å². The van der Waals surface area contributed by atoms with Crippen molar-refractivity contribution in [2.24, 2.45) is 10.9 Å². The average Bonchev–Trinajstić information content (AvgIpc) is 3.09. The lowest BCUT2D eigenvalue weighted by Gasteiger charge is -2.31. The highest BCUT2D eigenvalue weighted by molar-refractivity contribution is 5.72. The molecule has 0 aromatic carbocycles. The molecule has 8 heteroatoms. The Morgan fingerprint density at radius 3 is 2.30 bits per heavy atom. The van der Waals surface area contributed by atoms with Gasteiger partial charge in [0.05, 0.1) is 12.5 Å². The molecule has 0 bridgehead atoms. The van der Waals surface area contributed by atoms with Gasteiger partial charge in [-0.3, -0.25) is 10.1 Å². The van der Waals surface area contributed by atoms with Crippen molar-refractivity contribution in [3.05, 3.63) is 72.1 Å². The van der Waals surface area contributed by atoms with Gasteiger partial charge >= 0.3 is 5.97 Å². The van der Waals surface area contributed by atoms with Crippen LogP contribution < -0.4 is 5.32 Å². The first-order valence-electron chi connectivity index (χ1n) is 17.3. The van der Waals surface area contributed by atoms with E-state index in [1.54, 1.807) is 7.05 Å². The molecule has 0 aromatic rings. The minimum Gasteiger partial charge on any atom is -0.484 e. The summed E-state index contributed by atoms with van der Waals surface area (Å²) in [5.74, 6) is 0.724. The minimum absolute atomic E-state index is 0.00970. The molecule has 1 aliphatic rings. The maximum absolute atomic E-state index is 11.8. The Kier molecular flexibility index (Phi) is 42.3. The standard InChI is InChI=1S/C32H51NO5.C2H5N.2C2H6.CH3N/c1-6-19-29(8-3)38-32(5)22-17-20-28(26-32)30(34)33-23-15-13-11-10-12-14-16-24-36-25-18-21-27(7-2)31(35)37-9-4;1-3-2;3*1-2/h6,8,10,12-13,15,17,19-20,26-27,30,33-34H,7,9,11,14,16,18,21-25H2,1-5H3;1H2,2H3;2*1-2H3;2H,1H2/b12-10+,15-13-,19-6-,29-8+;;;;. The van der Waals surface area contributed by atoms with Crippen molar-refractivity contribution in [3.63, 3.8) is 0 Å². The molecule has 0 amide bonds. The largest absolute Gasteiger partial charge is 0.484 e. The smallest absolute Gasteiger partial charge is 0.308 e. The maximum Gasteiger partial charge on any atom is 0.308 e. The van der Waals surface area contributed by atoms with Gasteiger partial charge in [0.15, 0.2) is 0 Å². The van der Waals surface area contributed by atoms with Crippen LogP contribution in [0.3, 0.4) is 0 Å². The quantitative estimate of drug-likeness (QED) is 0.0228. The molecule has 0 radical (unpaired) electrons. The van der Waals surface area contributed by atoms with Crippen molar-refractivity contribution in [1.82, 2.24) is 5.32 Å². The van der Waals surface area contributed by atoms with Gasteiger partial charge in [0.25, 0.3) is 0 Å². The number of aliphatic hydroxyl groups is 1. The van der Waals surface area contributed by atoms with E-state index < -0.39 is 11.8 Å². The van der Waals surface area contributed by atoms with Crippen LogP contribution in [0.2, 0.25) is 0 Å². The van der Waals surface area contributed by atoms with E-state index in [9.17, 15) is 9.90 Å². The molecule has 3 atom stereocenters. The topological polar surface area (TPSA) is 113 Å². The molecule has 0 aromatic heterocycles. The number of rotatable bonds is 20. The summed E-state index contributed by atoms with van der Waals surface area (Å²) in [4.78, 5) is 15.0. The average molecular weight is 662 g/mol. The van der Waals surface area contributed by atoms with Crippen molar-refractivity contribution in [2.45, 2.75) is 119 Å². The number of hydrogen-bond donors (Lipinski definition) is 3. The number of ether oxygens (including phenoxy) is 3. The van der Waals surface area contributed by atoms with E-state index in [2.05, 4.69) is 42.0 Å². The lowest BCUT2D eigenvalue weighted by Crippen LogP contribution is -2.34. The van der Waals surface area contributed by atoms with Crippen LogP contribution in [-0.2, 0) is 19.0 Å². The number of hydrogen-bond acceptors (Lipinski definition) is 8. The summed E-state index contributed by atoms with van der Waals surface area (Å²) >= 11 is 0. The molecule has 8 nitrogen and oxygen atoms in total. The van der Waals surface area contributed by atoms with Gasteiger partial charge < -0.3 is 29.7 Å². The number of unbranched alkanes of at least 4 members (excludes halogenated alkanes) is 1. The highest BCUT2D eigenvalue weighted by Crippen LogP contribution is 2.28. The third-order valence-corrected chi connectivity index (χ3v) is 6.24. The Morgan fingerprint density at radius 1 is 1.11 bits per heavy atom. The second-order valence-electron chi connectivity index (χ2n) is 9.92. The molecule has 0 aliphatic heterocycles. The zero-order valence-corrected chi connectivity index (χ0v) is 31.6. The number of aliphatic hydroxyl groups excluding tert-OH is 1. The molecule has 3 unspecified atom stereocenters. The SMILES string of the molecule is C/C=C\C(=C/C)OC1(C)C=C(C(O)NC/C=C\C/C=C/CCCOCCCC(CC)C(=O)OCC)C=CC1.C=N.C=NC.CC.CC. The Morgan fingerprint density at radius 2 is 1.72 bits per heavy atom. The van der Waals surface area contributed by atoms with E-state index >= 15 is 0 Å². The zero-order valence-electron chi connectivity index (χ0n) is 31.6. The summed E-state index contributed by atoms with van der Waals surface area (Å²) in [6.07, 6.45) is 25.6. The maximum atomic E-state index is 11.8. The molecule has 272 valence electrons. The second kappa shape index (κ2) is 39.1. The van der Waals surface area contributed by atoms with E-state index in [1.807, 2.05) is 105 Å². The Labute approximate surface area is 289 Å². The highest BCUT2D eigenvalue weighted by Gasteiger charge is 2.27. The fourth-order valence-electron chi connectivity index (χ4n) is 4.11. The molecule has 3 N–H and O–H groups in total. The summed E-state index contributed by atoms with van der Waals surface area (Å²) in [6, 6.07) is 0. The normalized spacial score (nSPS) is 16.7. The molecule has 0 heterocycles. The van der Waals surface area contributed by atoms with Crippen LogP contribution >= 0.6 is 0 Å². The number of allylic oxidation sites excluding steroid dienone is 6. The number of nitrogens with zero attached hydrogens (tertiary/aromatic N) is 1. The van der Waals surface area contributed by atoms with Gasteiger partial charge in [-0.2, -0.15) is 0 Å². The molecule has 47 heavy (non-hydrogen) atoms. The predicted octanol–water partition coefficient (Wildman–Crippen LogP) is 9.34. The zero-order chi connectivity index (χ0) is 36.8. The van der Waals surface area contributed by atoms with Gasteiger partial charge in [0.1, 0.15) is 17.6 Å². The third-order valence-electron chi connectivity index (χ3n) is 6.24. The van der Waals surface area contributed by atoms with Crippen LogP contribution in [0, 0.1) is 11.3 Å². The van der Waals surface area contributed by atoms with Crippen molar-refractivity contribution >= 4 is 19.4 Å². The van der Waals surface area contributed by atoms with Crippen LogP contribution in [0.15, 0.2) is 77.1 Å². The van der Waals surface area contributed by atoms with Gasteiger partial charge in [-0.1, -0.05) is 77.2 Å². The first kappa shape index (κ1) is 50.8. The van der Waals surface area contributed by atoms with E-state index in [0.29, 0.717) is 19.8 Å². The molecule has 0 saturated carbocycles. The minimum atomic E-state index is -0.747. The number of nitrogens with one attached hydrogen (secondary N) is 2. The third kappa shape index (κ3) is 30.0. The Hall–Kier alpha value is -3.07. The predicted molar refractivity (Wildman–Crippen MR) is 205 cm³/mol. The van der Waals surface area contributed by atoms with Crippen molar-refractivity contribution in [3.8, 4) is 0 Å². The summed E-state index contributed by atoms with van der Waals surface area (Å²) in [6.45, 7) is 25.9. The first-order valence-corrected chi connectivity index (χ1v) is 17.3. The molecule has 0 spiro atoms. The highest BCUT2D eigenvalue weighted by atomic mass is 16.5. The van der Waals surface area contributed by atoms with Crippen LogP contribution in [0.1, 0.15) is 107 Å². The summed E-state index contributed by atoms with van der Waals surface area (Å²) in [5, 5.41) is 19.2. The van der Waals surface area contributed by atoms with Crippen LogP contribution in [0.5, 0.6) is 0 Å². The molecule has 0 fully saturated rings. The summed E-state index contributed by atoms with van der Waals surface area (Å²) < 4.78 is 17.0. The second-order valence-corrected chi connectivity index (χ2v) is 9.92. The lowest BCUT2D eigenvalue weighted by molar-refractivity contribution is -0.148. The van der Waals surface area contributed by atoms with Gasteiger partial charge in [-0.05, 0) is 103 Å². The van der Waals surface area contributed by atoms with Crippen molar-refractivity contribution < 1.29 is 24.1 Å². The van der Waals surface area contributed by atoms with Crippen LogP contribution in [-0.4, -0.2) is 69.8 Å². The van der Waals surface area contributed by atoms with E-state index in [4.69, 9.17) is 19.6 Å². The van der Waals surface area contributed by atoms with Crippen molar-refractivity contribution in [1.29, 1.82) is 5.41 Å². The van der Waals surface area contributed by atoms with Gasteiger partial charge in [-0.15, -0.1) is 0 Å². The van der Waals surface area contributed by atoms with Crippen LogP contribution in [0.4, 0.5) is 0 Å². The van der Waals surface area contributed by atoms with E-state index in [1.165, 1.54) is 0 Å². The van der Waals surface area contributed by atoms with Crippen LogP contribution in [0.25, 0.3) is 0 Å². The molecule has 1 rings (SSSR count). The lowest BCUT2D eigenvalue weighted by atomic mass is 9.92. The molecule has 1 aliphatic carbocycles. The number of esters is 1. The van der Waals surface area contributed by atoms with Gasteiger partial charge in [-0.25, -0.2) is 0 Å². The molecular weight excluding hydrogens is 590 g/mol. The molecular formula is C39H71N3O5. The van der Waals surface area contributed by atoms with E-state index in [-0.39, 0.29) is 11.9 Å². The monoisotopic (exact) mass is 662 g/mol. The van der Waals surface area contributed by atoms with Gasteiger partial charge in [0, 0.05) is 33.2 Å². The van der Waals surface area contributed by atoms with Crippen molar-refractivity contribution in [2.75, 3.05) is 33.4 Å². The summed E-state index contributed by atoms with van der Waals surface area (Å²) in [5.41, 5.74) is 0.330. The number of carbonyl (C=O) groups is 1. The fraction of sp³-hybridized carbons (Fsp3) is 0.615. The Balaban J connectivity index is -0.000000932. The fourth-order valence-corrected chi connectivity index (χ4v) is 4.11. The number of carbonyl (C=O) groups excluding carboxylic acids is 1. The first-order chi connectivity index (χ1) is 22.8. The van der Waals surface area contributed by atoms with E-state index in [0.717, 1.165) is 62.9 Å². The molecule has 0 saturated heterocycles. The summed E-state index contributed by atoms with van der Waals surface area (Å²) in [7, 11) is 1.64. The Bertz CT molecular complexity index is 908.